The predicted molar refractivity (Wildman–Crippen MR) is 254 cm³/mol. The zero-order valence-corrected chi connectivity index (χ0v) is 39.3. The Morgan fingerprint density at radius 1 is 0.836 bits per heavy atom. The summed E-state index contributed by atoms with van der Waals surface area (Å²) < 4.78 is 0. The quantitative estimate of drug-likeness (QED) is 0.162. The van der Waals surface area contributed by atoms with Gasteiger partial charge in [-0.2, -0.15) is 0 Å². The molecule has 7 rings (SSSR count). The van der Waals surface area contributed by atoms with Gasteiger partial charge in [0.05, 0.1) is 5.56 Å². The number of carboxylic acid groups (broad SMARTS) is 1. The Morgan fingerprint density at radius 2 is 1.41 bits per heavy atom. The smallest absolute Gasteiger partial charge is 0.335 e. The van der Waals surface area contributed by atoms with Crippen LogP contribution in [0.15, 0.2) is 43.0 Å². The third-order valence-electron chi connectivity index (χ3n) is 16.3. The van der Waals surface area contributed by atoms with E-state index in [-0.39, 0.29) is 16.7 Å². The van der Waals surface area contributed by atoms with Crippen LogP contribution >= 0.6 is 0 Å². The van der Waals surface area contributed by atoms with E-state index in [1.807, 2.05) is 24.0 Å². The number of allylic oxidation sites excluding steroid dienone is 3. The van der Waals surface area contributed by atoms with Crippen molar-refractivity contribution >= 4 is 23.9 Å². The largest absolute Gasteiger partial charge is 0.478 e. The van der Waals surface area contributed by atoms with E-state index in [0.717, 1.165) is 69.9 Å². The SMILES string of the molecule is C#C.C#C.C#C.C=CC.CC(=O)N1CCN(CCN[C@]23CCCC2[C@H]2CCC4[C@@]5(C)CC=C(c6ccc(C(=O)O)cc6)C(C)(C)C5CC[C@@]4(C)[C@]2(C)CC3)CC1.CN(C)C=O. The minimum Gasteiger partial charge on any atom is -0.478 e. The number of hydrogen-bond acceptors (Lipinski definition) is 5. The molecule has 0 radical (unpaired) electrons. The molecule has 2 N–H and O–H groups in total. The average Bonchev–Trinajstić information content (AvgIpc) is 3.68. The molecule has 8 atom stereocenters. The van der Waals surface area contributed by atoms with E-state index in [0.29, 0.717) is 27.9 Å². The van der Waals surface area contributed by atoms with Crippen molar-refractivity contribution < 1.29 is 19.5 Å². The van der Waals surface area contributed by atoms with Crippen LogP contribution in [0.3, 0.4) is 0 Å². The van der Waals surface area contributed by atoms with Gasteiger partial charge in [-0.25, -0.2) is 4.79 Å². The van der Waals surface area contributed by atoms with Crippen LogP contribution in [0.2, 0.25) is 0 Å². The minimum atomic E-state index is -0.856. The molecule has 1 saturated heterocycles. The molecule has 61 heavy (non-hydrogen) atoms. The number of aromatic carboxylic acids is 1. The molecule has 336 valence electrons. The van der Waals surface area contributed by atoms with E-state index in [2.05, 4.69) is 96.0 Å². The number of carboxylic acids is 1. The fraction of sp³-hybridized carbons (Fsp3) is 0.642. The summed E-state index contributed by atoms with van der Waals surface area (Å²) in [6.45, 7) is 25.9. The van der Waals surface area contributed by atoms with Crippen LogP contribution in [-0.2, 0) is 9.59 Å². The molecule has 8 nitrogen and oxygen atoms in total. The fourth-order valence-corrected chi connectivity index (χ4v) is 13.5. The van der Waals surface area contributed by atoms with Gasteiger partial charge in [-0.1, -0.05) is 65.3 Å². The van der Waals surface area contributed by atoms with Crippen molar-refractivity contribution in [1.82, 2.24) is 20.0 Å². The lowest BCUT2D eigenvalue weighted by Crippen LogP contribution is -2.67. The van der Waals surface area contributed by atoms with Crippen LogP contribution in [0.25, 0.3) is 5.57 Å². The first-order valence-corrected chi connectivity index (χ1v) is 22.4. The number of piperazine rings is 1. The van der Waals surface area contributed by atoms with Gasteiger partial charge in [0, 0.05) is 65.8 Å². The van der Waals surface area contributed by atoms with Crippen LogP contribution in [0.5, 0.6) is 0 Å². The summed E-state index contributed by atoms with van der Waals surface area (Å²) in [5, 5.41) is 13.7. The highest BCUT2D eigenvalue weighted by Crippen LogP contribution is 2.76. The molecule has 0 spiro atoms. The van der Waals surface area contributed by atoms with Crippen molar-refractivity contribution in [2.45, 2.75) is 118 Å². The zero-order chi connectivity index (χ0) is 46.4. The number of carbonyl (C=O) groups is 3. The normalized spacial score (nSPS) is 32.6. The molecule has 3 unspecified atom stereocenters. The zero-order valence-electron chi connectivity index (χ0n) is 39.3. The van der Waals surface area contributed by atoms with E-state index < -0.39 is 5.97 Å². The highest BCUT2D eigenvalue weighted by atomic mass is 16.4. The molecule has 2 amide bonds. The average molecular weight is 837 g/mol. The summed E-state index contributed by atoms with van der Waals surface area (Å²) in [4.78, 5) is 38.7. The molecule has 1 aromatic carbocycles. The number of nitrogens with one attached hydrogen (secondary N) is 1. The lowest BCUT2D eigenvalue weighted by molar-refractivity contribution is -0.217. The van der Waals surface area contributed by atoms with Crippen molar-refractivity contribution in [2.75, 3.05) is 53.4 Å². The summed E-state index contributed by atoms with van der Waals surface area (Å²) in [5.41, 5.74) is 4.36. The second-order valence-electron chi connectivity index (χ2n) is 19.5. The maximum absolute atomic E-state index is 11.8. The van der Waals surface area contributed by atoms with Crippen LogP contribution in [0, 0.1) is 83.9 Å². The minimum absolute atomic E-state index is 0.0482. The number of nitrogens with zero attached hydrogens (tertiary/aromatic N) is 3. The number of terminal acetylenes is 3. The first-order valence-electron chi connectivity index (χ1n) is 22.4. The Labute approximate surface area is 371 Å². The molecule has 8 heteroatoms. The number of hydrogen-bond donors (Lipinski definition) is 2. The first-order chi connectivity index (χ1) is 28.9. The van der Waals surface area contributed by atoms with Gasteiger partial charge in [0.2, 0.25) is 12.3 Å². The fourth-order valence-electron chi connectivity index (χ4n) is 13.5. The molecule has 5 aliphatic carbocycles. The molecule has 5 fully saturated rings. The number of amides is 2. The molecular weight excluding hydrogens is 757 g/mol. The lowest BCUT2D eigenvalue weighted by atomic mass is 9.33. The Bertz CT molecular complexity index is 1690. The summed E-state index contributed by atoms with van der Waals surface area (Å²) >= 11 is 0. The standard InChI is InChI=1S/C41H61N3O3.C3H7NO.C3H6.3C2H2/c1-28(45)44-26-24-43(25-27-44)23-22-42-41-17-7-8-33(41)32-13-14-35-38(4)18-15-31(29-9-11-30(12-10-29)36(46)47)37(2,3)34(38)16-19-40(35,6)39(32,5)20-21-41;1-4(2)3-5;1-3-2;3*1-2/h9-12,15,32-35,42H,7-8,13-14,16-27H2,1-6H3,(H,46,47);3H,1-2H3;3H,1H2,2H3;3*1-2H/t32-,33?,34?,35?,38+,39-,40-,41+;;;;;/m1...../s1. The molecule has 1 heterocycles. The van der Waals surface area contributed by atoms with E-state index in [9.17, 15) is 19.5 Å². The van der Waals surface area contributed by atoms with Crippen LogP contribution in [0.4, 0.5) is 0 Å². The third kappa shape index (κ3) is 10.7. The Morgan fingerprint density at radius 3 is 1.93 bits per heavy atom. The molecule has 4 saturated carbocycles. The molecule has 0 aromatic heterocycles. The topological polar surface area (TPSA) is 93.2 Å². The van der Waals surface area contributed by atoms with E-state index >= 15 is 0 Å². The van der Waals surface area contributed by atoms with Gasteiger partial charge >= 0.3 is 5.97 Å². The number of fused-ring (bicyclic) bond motifs is 7. The summed E-state index contributed by atoms with van der Waals surface area (Å²) in [6.07, 6.45) is 42.3. The second kappa shape index (κ2) is 22.7. The van der Waals surface area contributed by atoms with Crippen LogP contribution < -0.4 is 5.32 Å². The van der Waals surface area contributed by atoms with Gasteiger partial charge in [-0.05, 0) is 133 Å². The van der Waals surface area contributed by atoms with Crippen molar-refractivity contribution in [3.05, 3.63) is 54.1 Å². The van der Waals surface area contributed by atoms with Crippen molar-refractivity contribution in [1.29, 1.82) is 0 Å². The highest BCUT2D eigenvalue weighted by Gasteiger charge is 2.69. The maximum Gasteiger partial charge on any atom is 0.335 e. The lowest BCUT2D eigenvalue weighted by Gasteiger charge is -2.72. The van der Waals surface area contributed by atoms with Crippen LogP contribution in [-0.4, -0.2) is 97.0 Å². The number of benzene rings is 1. The van der Waals surface area contributed by atoms with Gasteiger partial charge in [0.25, 0.3) is 0 Å². The van der Waals surface area contributed by atoms with Gasteiger partial charge in [0.15, 0.2) is 0 Å². The van der Waals surface area contributed by atoms with E-state index in [1.165, 1.54) is 73.8 Å². The monoisotopic (exact) mass is 837 g/mol. The van der Waals surface area contributed by atoms with Gasteiger partial charge in [-0.3, -0.25) is 14.5 Å². The van der Waals surface area contributed by atoms with Crippen molar-refractivity contribution in [3.63, 3.8) is 0 Å². The van der Waals surface area contributed by atoms with E-state index in [4.69, 9.17) is 0 Å². The highest BCUT2D eigenvalue weighted by molar-refractivity contribution is 5.88. The summed E-state index contributed by atoms with van der Waals surface area (Å²) in [6, 6.07) is 7.63. The molecule has 1 aromatic rings. The predicted octanol–water partition coefficient (Wildman–Crippen LogP) is 9.38. The summed E-state index contributed by atoms with van der Waals surface area (Å²) in [5.74, 6) is 2.32. The molecule has 1 aliphatic heterocycles. The van der Waals surface area contributed by atoms with Crippen molar-refractivity contribution in [2.24, 2.45) is 45.3 Å². The third-order valence-corrected chi connectivity index (χ3v) is 16.3. The van der Waals surface area contributed by atoms with Crippen molar-refractivity contribution in [3.8, 4) is 38.5 Å². The van der Waals surface area contributed by atoms with E-state index in [1.54, 1.807) is 39.2 Å². The first kappa shape index (κ1) is 52.8. The summed E-state index contributed by atoms with van der Waals surface area (Å²) in [7, 11) is 3.38. The van der Waals surface area contributed by atoms with Crippen LogP contribution in [0.1, 0.15) is 129 Å². The molecular formula is C53H80N4O4. The number of carbonyl (C=O) groups excluding carboxylic acids is 2. The second-order valence-corrected chi connectivity index (χ2v) is 19.5. The number of rotatable bonds is 7. The molecule has 6 aliphatic rings. The van der Waals surface area contributed by atoms with Gasteiger partial charge in [0.1, 0.15) is 0 Å². The Balaban J connectivity index is 0.000000815. The Kier molecular flexibility index (Phi) is 19.7. The Hall–Kier alpha value is -4.29. The molecule has 0 bridgehead atoms. The van der Waals surface area contributed by atoms with Gasteiger partial charge in [-0.15, -0.1) is 45.1 Å². The maximum atomic E-state index is 11.8. The van der Waals surface area contributed by atoms with Gasteiger partial charge < -0.3 is 20.2 Å².